The molecule has 0 saturated carbocycles. The first kappa shape index (κ1) is 27.5. The van der Waals surface area contributed by atoms with Crippen LogP contribution in [0, 0.1) is 5.92 Å². The summed E-state index contributed by atoms with van der Waals surface area (Å²) >= 11 is 1.90. The van der Waals surface area contributed by atoms with Gasteiger partial charge < -0.3 is 4.42 Å². The van der Waals surface area contributed by atoms with Gasteiger partial charge in [0.1, 0.15) is 11.2 Å². The zero-order valence-corrected chi connectivity index (χ0v) is 28.1. The van der Waals surface area contributed by atoms with Crippen LogP contribution < -0.4 is 0 Å². The molecular weight excluding hydrogens is 643 g/mol. The van der Waals surface area contributed by atoms with Crippen molar-refractivity contribution in [2.75, 3.05) is 0 Å². The number of rotatable bonds is 2. The number of para-hydroxylation sites is 3. The number of furan rings is 1. The number of hydrogen-bond donors (Lipinski definition) is 0. The molecule has 4 heterocycles. The van der Waals surface area contributed by atoms with Crippen molar-refractivity contribution in [3.8, 4) is 17.2 Å². The minimum atomic E-state index is 0.319. The molecule has 0 amide bonds. The normalized spacial score (nSPS) is 15.2. The monoisotopic (exact) mass is 669 g/mol. The van der Waals surface area contributed by atoms with E-state index in [9.17, 15) is 0 Å². The zero-order valence-electron chi connectivity index (χ0n) is 27.3. The van der Waals surface area contributed by atoms with Gasteiger partial charge in [0.2, 0.25) is 5.95 Å². The summed E-state index contributed by atoms with van der Waals surface area (Å²) < 4.78 is 10.2. The van der Waals surface area contributed by atoms with E-state index >= 15 is 0 Å². The van der Waals surface area contributed by atoms with E-state index in [2.05, 4.69) is 138 Å². The molecule has 2 aliphatic rings. The third kappa shape index (κ3) is 3.78. The lowest BCUT2D eigenvalue weighted by atomic mass is 9.80. The Morgan fingerprint density at radius 3 is 2.39 bits per heavy atom. The third-order valence-electron chi connectivity index (χ3n) is 11.0. The Morgan fingerprint density at radius 2 is 1.45 bits per heavy atom. The molecule has 2 aliphatic carbocycles. The van der Waals surface area contributed by atoms with Crippen LogP contribution in [0.5, 0.6) is 0 Å². The third-order valence-corrected chi connectivity index (χ3v) is 12.2. The Labute approximate surface area is 296 Å². The fourth-order valence-corrected chi connectivity index (χ4v) is 9.92. The molecule has 0 N–H and O–H groups in total. The molecular formula is C46H27N3OS. The van der Waals surface area contributed by atoms with Crippen LogP contribution in [0.3, 0.4) is 0 Å². The van der Waals surface area contributed by atoms with Crippen molar-refractivity contribution in [3.05, 3.63) is 155 Å². The van der Waals surface area contributed by atoms with Gasteiger partial charge in [-0.3, -0.25) is 4.57 Å². The molecule has 238 valence electrons. The molecule has 12 rings (SSSR count). The number of benzene rings is 6. The topological polar surface area (TPSA) is 43.9 Å². The average molecular weight is 670 g/mol. The van der Waals surface area contributed by atoms with Gasteiger partial charge in [-0.15, -0.1) is 11.3 Å². The van der Waals surface area contributed by atoms with E-state index in [1.807, 2.05) is 23.5 Å². The van der Waals surface area contributed by atoms with Gasteiger partial charge in [-0.05, 0) is 59.4 Å². The molecule has 0 radical (unpaired) electrons. The highest BCUT2D eigenvalue weighted by atomic mass is 32.1. The Hall–Kier alpha value is -6.30. The highest BCUT2D eigenvalue weighted by molar-refractivity contribution is 7.20. The maximum atomic E-state index is 6.60. The van der Waals surface area contributed by atoms with Crippen LogP contribution in [-0.2, 0) is 6.42 Å². The lowest BCUT2D eigenvalue weighted by molar-refractivity contribution is 0.670. The highest BCUT2D eigenvalue weighted by Gasteiger charge is 2.32. The van der Waals surface area contributed by atoms with Crippen LogP contribution in [0.25, 0.3) is 99.5 Å². The molecule has 6 aromatic carbocycles. The molecule has 1 atom stereocenters. The summed E-state index contributed by atoms with van der Waals surface area (Å²) in [6, 6.07) is 45.0. The molecule has 1 unspecified atom stereocenters. The SMILES string of the molecule is C1=CC2Cc3c(n(-c4nc(-c5cccc6c5oc5ccccc56)c5ccc6ccccc6c5n4)c4ccccc34)C=C2c2sc3ccccc3c21. The van der Waals surface area contributed by atoms with Gasteiger partial charge in [-0.25, -0.2) is 9.97 Å². The molecule has 51 heavy (non-hydrogen) atoms. The predicted octanol–water partition coefficient (Wildman–Crippen LogP) is 12.2. The van der Waals surface area contributed by atoms with Crippen molar-refractivity contribution in [1.29, 1.82) is 0 Å². The van der Waals surface area contributed by atoms with Crippen LogP contribution in [0.15, 0.2) is 138 Å². The number of thiophene rings is 1. The van der Waals surface area contributed by atoms with Gasteiger partial charge in [-0.1, -0.05) is 109 Å². The van der Waals surface area contributed by atoms with E-state index in [1.165, 1.54) is 37.0 Å². The first-order valence-electron chi connectivity index (χ1n) is 17.4. The summed E-state index contributed by atoms with van der Waals surface area (Å²) in [5, 5.41) is 8.02. The van der Waals surface area contributed by atoms with E-state index in [-0.39, 0.29) is 0 Å². The average Bonchev–Trinajstić information content (AvgIpc) is 3.86. The second kappa shape index (κ2) is 10.1. The van der Waals surface area contributed by atoms with Crippen LogP contribution in [0.4, 0.5) is 0 Å². The fraction of sp³-hybridized carbons (Fsp3) is 0.0435. The highest BCUT2D eigenvalue weighted by Crippen LogP contribution is 2.49. The van der Waals surface area contributed by atoms with Crippen molar-refractivity contribution in [1.82, 2.24) is 14.5 Å². The lowest BCUT2D eigenvalue weighted by Crippen LogP contribution is -2.14. The summed E-state index contributed by atoms with van der Waals surface area (Å²) in [5.74, 6) is 0.984. The molecule has 4 aromatic heterocycles. The van der Waals surface area contributed by atoms with Crippen LogP contribution >= 0.6 is 11.3 Å². The zero-order chi connectivity index (χ0) is 33.2. The smallest absolute Gasteiger partial charge is 0.235 e. The van der Waals surface area contributed by atoms with Crippen molar-refractivity contribution in [2.45, 2.75) is 6.42 Å². The van der Waals surface area contributed by atoms with E-state index in [4.69, 9.17) is 14.4 Å². The maximum Gasteiger partial charge on any atom is 0.235 e. The number of nitrogens with zero attached hydrogens (tertiary/aromatic N) is 3. The Kier molecular flexibility index (Phi) is 5.46. The van der Waals surface area contributed by atoms with Crippen LogP contribution in [-0.4, -0.2) is 14.5 Å². The molecule has 0 fully saturated rings. The number of allylic oxidation sites excluding steroid dienone is 2. The van der Waals surface area contributed by atoms with Gasteiger partial charge in [0.25, 0.3) is 0 Å². The summed E-state index contributed by atoms with van der Waals surface area (Å²) in [6.45, 7) is 0. The van der Waals surface area contributed by atoms with Gasteiger partial charge in [-0.2, -0.15) is 0 Å². The Balaban J connectivity index is 1.18. The molecule has 0 bridgehead atoms. The minimum absolute atomic E-state index is 0.319. The first-order chi connectivity index (χ1) is 25.3. The molecule has 4 nitrogen and oxygen atoms in total. The summed E-state index contributed by atoms with van der Waals surface area (Å²) in [5.41, 5.74) is 10.8. The molecule has 0 aliphatic heterocycles. The Morgan fingerprint density at radius 1 is 0.667 bits per heavy atom. The van der Waals surface area contributed by atoms with Gasteiger partial charge in [0.15, 0.2) is 0 Å². The van der Waals surface area contributed by atoms with Crippen molar-refractivity contribution in [3.63, 3.8) is 0 Å². The number of aromatic nitrogens is 3. The largest absolute Gasteiger partial charge is 0.455 e. The Bertz CT molecular complexity index is 3190. The number of hydrogen-bond acceptors (Lipinski definition) is 4. The van der Waals surface area contributed by atoms with Crippen molar-refractivity contribution >= 4 is 93.7 Å². The molecule has 0 spiro atoms. The number of fused-ring (bicyclic) bond motifs is 14. The van der Waals surface area contributed by atoms with E-state index in [0.29, 0.717) is 11.9 Å². The van der Waals surface area contributed by atoms with Crippen molar-refractivity contribution < 1.29 is 4.42 Å². The summed E-state index contributed by atoms with van der Waals surface area (Å²) in [6.07, 6.45) is 8.12. The maximum absolute atomic E-state index is 6.60. The minimum Gasteiger partial charge on any atom is -0.455 e. The fourth-order valence-electron chi connectivity index (χ4n) is 8.65. The second-order valence-electron chi connectivity index (χ2n) is 13.7. The second-order valence-corrected chi connectivity index (χ2v) is 14.7. The van der Waals surface area contributed by atoms with E-state index in [1.54, 1.807) is 0 Å². The first-order valence-corrected chi connectivity index (χ1v) is 18.2. The summed E-state index contributed by atoms with van der Waals surface area (Å²) in [7, 11) is 0. The molecule has 5 heteroatoms. The lowest BCUT2D eigenvalue weighted by Gasteiger charge is -2.26. The quantitative estimate of drug-likeness (QED) is 0.172. The van der Waals surface area contributed by atoms with Gasteiger partial charge >= 0.3 is 0 Å². The summed E-state index contributed by atoms with van der Waals surface area (Å²) in [4.78, 5) is 12.4. The molecule has 10 aromatic rings. The van der Waals surface area contributed by atoms with E-state index < -0.39 is 0 Å². The standard InChI is InChI=1S/C46H27N3OS/c1-2-11-28-26(10-1)20-23-34-42(28)47-46(48-43(34)35-16-9-15-32-30-13-4-7-18-40(30)50-44(32)35)49-38-17-6-3-12-29(38)37-24-27-21-22-33-31-14-5-8-19-41(31)51-45(33)36(27)25-39(37)49/h1-23,25,27H,24H2. The van der Waals surface area contributed by atoms with Gasteiger partial charge in [0, 0.05) is 58.9 Å². The van der Waals surface area contributed by atoms with Crippen molar-refractivity contribution in [2.24, 2.45) is 5.92 Å². The van der Waals surface area contributed by atoms with E-state index in [0.717, 1.165) is 72.5 Å². The van der Waals surface area contributed by atoms with Gasteiger partial charge in [0.05, 0.1) is 22.4 Å². The van der Waals surface area contributed by atoms with Crippen LogP contribution in [0.2, 0.25) is 0 Å². The van der Waals surface area contributed by atoms with Crippen LogP contribution in [0.1, 0.15) is 21.7 Å². The predicted molar refractivity (Wildman–Crippen MR) is 213 cm³/mol. The molecule has 0 saturated heterocycles.